The molecule has 0 aliphatic carbocycles. The van der Waals surface area contributed by atoms with Gasteiger partial charge in [0, 0.05) is 12.7 Å². The van der Waals surface area contributed by atoms with Crippen LogP contribution in [-0.2, 0) is 23.9 Å². The summed E-state index contributed by atoms with van der Waals surface area (Å²) in [6, 6.07) is 0. The number of esters is 1. The lowest BCUT2D eigenvalue weighted by molar-refractivity contribution is -0.143. The molecule has 104 valence electrons. The third-order valence-corrected chi connectivity index (χ3v) is 1.42. The lowest BCUT2D eigenvalue weighted by Crippen LogP contribution is -2.09. The molecule has 0 saturated heterocycles. The molecule has 0 aromatic heterocycles. The van der Waals surface area contributed by atoms with Gasteiger partial charge in [0.15, 0.2) is 0 Å². The van der Waals surface area contributed by atoms with Crippen LogP contribution in [-0.4, -0.2) is 48.4 Å². The molecule has 0 spiro atoms. The molecule has 7 heteroatoms. The summed E-state index contributed by atoms with van der Waals surface area (Å²) >= 11 is 0. The van der Waals surface area contributed by atoms with Crippen molar-refractivity contribution < 1.29 is 34.1 Å². The van der Waals surface area contributed by atoms with Crippen LogP contribution in [0.2, 0.25) is 0 Å². The van der Waals surface area contributed by atoms with E-state index >= 15 is 0 Å². The fraction of sp³-hybridized carbons (Fsp3) is 0.545. The lowest BCUT2D eigenvalue weighted by atomic mass is 10.3. The smallest absolute Gasteiger partial charge is 0.333 e. The monoisotopic (exact) mass is 262 g/mol. The van der Waals surface area contributed by atoms with Gasteiger partial charge in [-0.2, -0.15) is 0 Å². The third kappa shape index (κ3) is 16.5. The van der Waals surface area contributed by atoms with Gasteiger partial charge in [-0.05, 0) is 6.92 Å². The Kier molecular flexibility index (Phi) is 11.9. The van der Waals surface area contributed by atoms with Crippen molar-refractivity contribution in [3.63, 3.8) is 0 Å². The summed E-state index contributed by atoms with van der Waals surface area (Å²) in [5.74, 6) is -2.52. The van der Waals surface area contributed by atoms with Crippen LogP contribution in [0.1, 0.15) is 19.8 Å². The molecule has 2 N–H and O–H groups in total. The first-order chi connectivity index (χ1) is 8.31. The molecule has 0 atom stereocenters. The largest absolute Gasteiger partial charge is 0.481 e. The zero-order valence-electron chi connectivity index (χ0n) is 10.5. The van der Waals surface area contributed by atoms with Gasteiger partial charge in [0.05, 0.1) is 19.4 Å². The van der Waals surface area contributed by atoms with Crippen molar-refractivity contribution in [1.29, 1.82) is 0 Å². The van der Waals surface area contributed by atoms with Gasteiger partial charge < -0.3 is 19.7 Å². The maximum absolute atomic E-state index is 10.6. The number of aliphatic carboxylic acids is 2. The van der Waals surface area contributed by atoms with Crippen molar-refractivity contribution in [3.8, 4) is 0 Å². The first-order valence-electron chi connectivity index (χ1n) is 5.06. The number of carboxylic acid groups (broad SMARTS) is 2. The van der Waals surface area contributed by atoms with Crippen molar-refractivity contribution in [2.24, 2.45) is 0 Å². The fourth-order valence-electron chi connectivity index (χ4n) is 0.555. The van der Waals surface area contributed by atoms with Gasteiger partial charge >= 0.3 is 17.9 Å². The first-order valence-corrected chi connectivity index (χ1v) is 5.06. The van der Waals surface area contributed by atoms with Crippen LogP contribution in [0.5, 0.6) is 0 Å². The molecule has 0 aromatic carbocycles. The van der Waals surface area contributed by atoms with Gasteiger partial charge in [0.2, 0.25) is 0 Å². The Morgan fingerprint density at radius 2 is 1.50 bits per heavy atom. The fourth-order valence-corrected chi connectivity index (χ4v) is 0.555. The molecular weight excluding hydrogens is 244 g/mol. The number of rotatable bonds is 7. The lowest BCUT2D eigenvalue weighted by Gasteiger charge is -2.01. The summed E-state index contributed by atoms with van der Waals surface area (Å²) in [7, 11) is 1.55. The number of ether oxygens (including phenoxy) is 2. The number of hydrogen-bond acceptors (Lipinski definition) is 5. The number of carboxylic acids is 2. The normalized spacial score (nSPS) is 8.78. The van der Waals surface area contributed by atoms with Crippen molar-refractivity contribution in [2.75, 3.05) is 20.3 Å². The topological polar surface area (TPSA) is 110 Å². The van der Waals surface area contributed by atoms with E-state index in [1.807, 2.05) is 0 Å². The minimum Gasteiger partial charge on any atom is -0.481 e. The molecule has 0 heterocycles. The van der Waals surface area contributed by atoms with Gasteiger partial charge in [-0.15, -0.1) is 0 Å². The Bertz CT molecular complexity index is 282. The van der Waals surface area contributed by atoms with Crippen LogP contribution in [0.15, 0.2) is 12.2 Å². The Balaban J connectivity index is 0. The van der Waals surface area contributed by atoms with Crippen LogP contribution in [0, 0.1) is 0 Å². The highest BCUT2D eigenvalue weighted by Gasteiger charge is 2.01. The van der Waals surface area contributed by atoms with Crippen molar-refractivity contribution in [3.05, 3.63) is 12.2 Å². The van der Waals surface area contributed by atoms with E-state index in [0.717, 1.165) is 0 Å². The maximum Gasteiger partial charge on any atom is 0.333 e. The number of hydrogen-bond donors (Lipinski definition) is 2. The van der Waals surface area contributed by atoms with E-state index in [1.54, 1.807) is 14.0 Å². The average molecular weight is 262 g/mol. The molecule has 0 radical (unpaired) electrons. The van der Waals surface area contributed by atoms with E-state index in [2.05, 4.69) is 16.1 Å². The summed E-state index contributed by atoms with van der Waals surface area (Å²) < 4.78 is 9.35. The number of carbonyl (C=O) groups is 3. The quantitative estimate of drug-likeness (QED) is 0.394. The molecule has 0 rings (SSSR count). The van der Waals surface area contributed by atoms with Gasteiger partial charge in [-0.25, -0.2) is 4.79 Å². The second-order valence-corrected chi connectivity index (χ2v) is 3.20. The molecular formula is C11H18O7. The standard InChI is InChI=1S/C7H12O3.C4H6O4/c1-6(2)7(8)10-5-4-9-3;5-3(6)1-2-4(7)8/h1,4-5H2,2-3H3;1-2H2,(H,5,6)(H,7,8). The summed E-state index contributed by atoms with van der Waals surface area (Å²) in [4.78, 5) is 29.9. The zero-order valence-corrected chi connectivity index (χ0v) is 10.5. The van der Waals surface area contributed by atoms with E-state index in [0.29, 0.717) is 18.8 Å². The summed E-state index contributed by atoms with van der Waals surface area (Å²) in [5.41, 5.74) is 0.413. The first kappa shape index (κ1) is 18.5. The van der Waals surface area contributed by atoms with Gasteiger partial charge in [-0.3, -0.25) is 9.59 Å². The molecule has 0 saturated carbocycles. The van der Waals surface area contributed by atoms with Gasteiger partial charge in [-0.1, -0.05) is 6.58 Å². The Morgan fingerprint density at radius 3 is 1.78 bits per heavy atom. The second kappa shape index (κ2) is 11.6. The Morgan fingerprint density at radius 1 is 1.06 bits per heavy atom. The molecule has 0 amide bonds. The number of carbonyl (C=O) groups excluding carboxylic acids is 1. The maximum atomic E-state index is 10.6. The molecule has 0 aliphatic heterocycles. The SMILES string of the molecule is C=C(C)C(=O)OCCOC.O=C(O)CCC(=O)O. The second-order valence-electron chi connectivity index (χ2n) is 3.20. The summed E-state index contributed by atoms with van der Waals surface area (Å²) in [5, 5.41) is 15.8. The summed E-state index contributed by atoms with van der Waals surface area (Å²) in [6.07, 6.45) is -0.593. The van der Waals surface area contributed by atoms with Crippen LogP contribution >= 0.6 is 0 Å². The van der Waals surface area contributed by atoms with E-state index in [1.165, 1.54) is 0 Å². The molecule has 18 heavy (non-hydrogen) atoms. The van der Waals surface area contributed by atoms with Crippen molar-refractivity contribution >= 4 is 17.9 Å². The average Bonchev–Trinajstić information content (AvgIpc) is 2.27. The predicted octanol–water partition coefficient (Wildman–Crippen LogP) is 0.688. The highest BCUT2D eigenvalue weighted by molar-refractivity contribution is 5.86. The van der Waals surface area contributed by atoms with Gasteiger partial charge in [0.1, 0.15) is 6.61 Å². The van der Waals surface area contributed by atoms with Crippen LogP contribution in [0.3, 0.4) is 0 Å². The van der Waals surface area contributed by atoms with Crippen molar-refractivity contribution in [1.82, 2.24) is 0 Å². The molecule has 0 fully saturated rings. The predicted molar refractivity (Wildman–Crippen MR) is 62.2 cm³/mol. The Labute approximate surface area is 105 Å². The van der Waals surface area contributed by atoms with Crippen LogP contribution in [0.4, 0.5) is 0 Å². The zero-order chi connectivity index (χ0) is 14.6. The third-order valence-electron chi connectivity index (χ3n) is 1.42. The summed E-state index contributed by atoms with van der Waals surface area (Å²) in [6.45, 7) is 5.75. The minimum atomic E-state index is -1.08. The number of methoxy groups -OCH3 is 1. The van der Waals surface area contributed by atoms with E-state index in [-0.39, 0.29) is 18.8 Å². The van der Waals surface area contributed by atoms with E-state index < -0.39 is 11.9 Å². The highest BCUT2D eigenvalue weighted by Crippen LogP contribution is 1.90. The Hall–Kier alpha value is -1.89. The van der Waals surface area contributed by atoms with Crippen LogP contribution < -0.4 is 0 Å². The van der Waals surface area contributed by atoms with E-state index in [9.17, 15) is 14.4 Å². The molecule has 0 aromatic rings. The van der Waals surface area contributed by atoms with E-state index in [4.69, 9.17) is 10.2 Å². The molecule has 0 bridgehead atoms. The highest BCUT2D eigenvalue weighted by atomic mass is 16.6. The molecule has 0 aliphatic rings. The molecule has 0 unspecified atom stereocenters. The van der Waals surface area contributed by atoms with Crippen LogP contribution in [0.25, 0.3) is 0 Å². The minimum absolute atomic E-state index is 0.294. The van der Waals surface area contributed by atoms with Gasteiger partial charge in [0.25, 0.3) is 0 Å². The van der Waals surface area contributed by atoms with Crippen molar-refractivity contribution in [2.45, 2.75) is 19.8 Å². The molecule has 7 nitrogen and oxygen atoms in total.